The molecule has 5 rings (SSSR count). The van der Waals surface area contributed by atoms with Crippen LogP contribution in [-0.4, -0.2) is 65.7 Å². The molecular formula is C29H29N3O4. The van der Waals surface area contributed by atoms with E-state index in [9.17, 15) is 14.7 Å². The topological polar surface area (TPSA) is 82.1 Å². The summed E-state index contributed by atoms with van der Waals surface area (Å²) in [6.07, 6.45) is 4.13. The third-order valence-electron chi connectivity index (χ3n) is 6.97. The molecule has 36 heavy (non-hydrogen) atoms. The van der Waals surface area contributed by atoms with Gasteiger partial charge >= 0.3 is 6.03 Å². The minimum atomic E-state index is -0.319. The number of carbonyl (C=O) groups excluding carboxylic acids is 2. The number of hydrogen-bond acceptors (Lipinski definition) is 4. The number of rotatable bonds is 6. The Morgan fingerprint density at radius 3 is 2.31 bits per heavy atom. The molecule has 0 spiro atoms. The number of carbonyl (C=O) groups is 2. The van der Waals surface area contributed by atoms with Crippen molar-refractivity contribution >= 4 is 29.8 Å². The fourth-order valence-corrected chi connectivity index (χ4v) is 5.12. The minimum Gasteiger partial charge on any atom is -0.497 e. The van der Waals surface area contributed by atoms with Crippen molar-refractivity contribution in [1.29, 1.82) is 0 Å². The summed E-state index contributed by atoms with van der Waals surface area (Å²) in [5.74, 6) is 0.516. The maximum Gasteiger partial charge on any atom is 0.322 e. The van der Waals surface area contributed by atoms with Gasteiger partial charge in [0.25, 0.3) is 0 Å². The predicted molar refractivity (Wildman–Crippen MR) is 140 cm³/mol. The molecule has 184 valence electrons. The van der Waals surface area contributed by atoms with Crippen LogP contribution in [0.5, 0.6) is 5.75 Å². The van der Waals surface area contributed by atoms with Crippen LogP contribution in [0.25, 0.3) is 12.2 Å². The first-order valence-corrected chi connectivity index (χ1v) is 12.0. The molecule has 0 unspecified atom stereocenters. The lowest BCUT2D eigenvalue weighted by Gasteiger charge is -2.58. The molecule has 0 aliphatic carbocycles. The molecule has 0 radical (unpaired) electrons. The van der Waals surface area contributed by atoms with Gasteiger partial charge in [0.1, 0.15) is 12.3 Å². The van der Waals surface area contributed by atoms with Crippen molar-refractivity contribution in [3.8, 4) is 5.75 Å². The van der Waals surface area contributed by atoms with Crippen molar-refractivity contribution in [2.24, 2.45) is 0 Å². The molecule has 7 nitrogen and oxygen atoms in total. The maximum atomic E-state index is 12.9. The van der Waals surface area contributed by atoms with E-state index >= 15 is 0 Å². The summed E-state index contributed by atoms with van der Waals surface area (Å²) >= 11 is 0. The van der Waals surface area contributed by atoms with Gasteiger partial charge in [-0.25, -0.2) is 4.79 Å². The number of amides is 3. The number of aliphatic hydroxyl groups excluding tert-OH is 1. The SMILES string of the molecule is COc1ccc(NC(=O)N2CC(=O)N3[C@@H](CO)[C@@H](c4ccc(/C=C/c5ccccc5)cc4)[C@@H]3C2)cc1. The first-order chi connectivity index (χ1) is 17.6. The quantitative estimate of drug-likeness (QED) is 0.518. The number of fused-ring (bicyclic) bond motifs is 1. The van der Waals surface area contributed by atoms with Crippen LogP contribution in [-0.2, 0) is 4.79 Å². The van der Waals surface area contributed by atoms with Gasteiger partial charge in [0, 0.05) is 18.2 Å². The third kappa shape index (κ3) is 4.70. The van der Waals surface area contributed by atoms with Crippen molar-refractivity contribution in [1.82, 2.24) is 9.80 Å². The van der Waals surface area contributed by atoms with Gasteiger partial charge in [0.05, 0.1) is 25.8 Å². The van der Waals surface area contributed by atoms with E-state index in [2.05, 4.69) is 41.7 Å². The van der Waals surface area contributed by atoms with Gasteiger partial charge in [-0.15, -0.1) is 0 Å². The minimum absolute atomic E-state index is 0.00900. The smallest absolute Gasteiger partial charge is 0.322 e. The Morgan fingerprint density at radius 2 is 1.67 bits per heavy atom. The van der Waals surface area contributed by atoms with E-state index in [0.717, 1.165) is 16.7 Å². The highest BCUT2D eigenvalue weighted by Crippen LogP contribution is 2.43. The number of urea groups is 1. The number of nitrogens with zero attached hydrogens (tertiary/aromatic N) is 2. The zero-order valence-corrected chi connectivity index (χ0v) is 20.1. The summed E-state index contributed by atoms with van der Waals surface area (Å²) < 4.78 is 5.16. The largest absolute Gasteiger partial charge is 0.497 e. The zero-order chi connectivity index (χ0) is 25.1. The highest BCUT2D eigenvalue weighted by atomic mass is 16.5. The molecule has 2 heterocycles. The Labute approximate surface area is 210 Å². The average Bonchev–Trinajstić information content (AvgIpc) is 2.90. The Bertz CT molecular complexity index is 1240. The Hall–Kier alpha value is -4.10. The molecule has 0 aromatic heterocycles. The molecule has 2 aliphatic rings. The van der Waals surface area contributed by atoms with Crippen molar-refractivity contribution in [3.63, 3.8) is 0 Å². The molecule has 2 aliphatic heterocycles. The molecule has 2 N–H and O–H groups in total. The fourth-order valence-electron chi connectivity index (χ4n) is 5.12. The zero-order valence-electron chi connectivity index (χ0n) is 20.1. The summed E-state index contributed by atoms with van der Waals surface area (Å²) in [5.41, 5.74) is 3.88. The summed E-state index contributed by atoms with van der Waals surface area (Å²) in [7, 11) is 1.59. The molecule has 2 fully saturated rings. The van der Waals surface area contributed by atoms with E-state index in [1.807, 2.05) is 30.3 Å². The van der Waals surface area contributed by atoms with Gasteiger partial charge < -0.3 is 25.0 Å². The van der Waals surface area contributed by atoms with Crippen LogP contribution in [0.15, 0.2) is 78.9 Å². The van der Waals surface area contributed by atoms with Crippen LogP contribution in [0.4, 0.5) is 10.5 Å². The number of anilines is 1. The van der Waals surface area contributed by atoms with Gasteiger partial charge in [-0.1, -0.05) is 66.7 Å². The number of benzene rings is 3. The van der Waals surface area contributed by atoms with E-state index in [1.54, 1.807) is 41.2 Å². The number of hydrogen-bond donors (Lipinski definition) is 2. The lowest BCUT2D eigenvalue weighted by Crippen LogP contribution is -2.73. The van der Waals surface area contributed by atoms with Gasteiger partial charge in [-0.2, -0.15) is 0 Å². The van der Waals surface area contributed by atoms with Crippen LogP contribution in [0.3, 0.4) is 0 Å². The highest BCUT2D eigenvalue weighted by molar-refractivity contribution is 5.93. The summed E-state index contributed by atoms with van der Waals surface area (Å²) in [6, 6.07) is 24.6. The second kappa shape index (κ2) is 10.3. The van der Waals surface area contributed by atoms with E-state index in [-0.39, 0.29) is 43.1 Å². The number of methoxy groups -OCH3 is 1. The average molecular weight is 484 g/mol. The first kappa shape index (κ1) is 23.6. The molecule has 3 aromatic carbocycles. The van der Waals surface area contributed by atoms with Gasteiger partial charge in [-0.05, 0) is 41.0 Å². The third-order valence-corrected chi connectivity index (χ3v) is 6.97. The summed E-state index contributed by atoms with van der Waals surface area (Å²) in [5, 5.41) is 12.9. The van der Waals surface area contributed by atoms with Gasteiger partial charge in [-0.3, -0.25) is 4.79 Å². The molecule has 3 aromatic rings. The van der Waals surface area contributed by atoms with Crippen LogP contribution in [0, 0.1) is 0 Å². The van der Waals surface area contributed by atoms with Crippen LogP contribution in [0.1, 0.15) is 22.6 Å². The van der Waals surface area contributed by atoms with Crippen molar-refractivity contribution < 1.29 is 19.4 Å². The van der Waals surface area contributed by atoms with E-state index in [0.29, 0.717) is 18.0 Å². The number of ether oxygens (including phenoxy) is 1. The molecule has 0 bridgehead atoms. The summed E-state index contributed by atoms with van der Waals surface area (Å²) in [4.78, 5) is 29.1. The fraction of sp³-hybridized carbons (Fsp3) is 0.241. The monoisotopic (exact) mass is 483 g/mol. The summed E-state index contributed by atoms with van der Waals surface area (Å²) in [6.45, 7) is 0.288. The number of aliphatic hydroxyl groups is 1. The second-order valence-corrected chi connectivity index (χ2v) is 9.09. The second-order valence-electron chi connectivity index (χ2n) is 9.09. The number of nitrogens with one attached hydrogen (secondary N) is 1. The normalized spacial score (nSPS) is 21.2. The lowest BCUT2D eigenvalue weighted by atomic mass is 9.73. The molecular weight excluding hydrogens is 454 g/mol. The van der Waals surface area contributed by atoms with E-state index in [4.69, 9.17) is 4.74 Å². The number of piperazine rings is 1. The Morgan fingerprint density at radius 1 is 1.00 bits per heavy atom. The van der Waals surface area contributed by atoms with Gasteiger partial charge in [0.15, 0.2) is 0 Å². The van der Waals surface area contributed by atoms with Crippen molar-refractivity contribution in [2.45, 2.75) is 18.0 Å². The van der Waals surface area contributed by atoms with Crippen molar-refractivity contribution in [3.05, 3.63) is 95.6 Å². The molecule has 0 saturated carbocycles. The van der Waals surface area contributed by atoms with Crippen LogP contribution >= 0.6 is 0 Å². The molecule has 3 amide bonds. The predicted octanol–water partition coefficient (Wildman–Crippen LogP) is 4.07. The standard InChI is InChI=1S/C29H29N3O4/c1-36-24-15-13-23(14-16-24)30-29(35)31-17-25-28(26(19-33)32(25)27(34)18-31)22-11-9-21(10-12-22)8-7-20-5-3-2-4-6-20/h2-16,25-26,28,33H,17-19H2,1H3,(H,30,35)/b8-7+/t25-,26-,28-/m0/s1. The van der Waals surface area contributed by atoms with E-state index < -0.39 is 0 Å². The first-order valence-electron chi connectivity index (χ1n) is 12.0. The van der Waals surface area contributed by atoms with Crippen LogP contribution in [0.2, 0.25) is 0 Å². The Balaban J connectivity index is 1.28. The maximum absolute atomic E-state index is 12.9. The highest BCUT2D eigenvalue weighted by Gasteiger charge is 2.54. The molecule has 7 heteroatoms. The molecule has 2 saturated heterocycles. The van der Waals surface area contributed by atoms with Crippen molar-refractivity contribution in [2.75, 3.05) is 32.1 Å². The lowest BCUT2D eigenvalue weighted by molar-refractivity contribution is -0.159. The molecule has 3 atom stereocenters. The van der Waals surface area contributed by atoms with E-state index in [1.165, 1.54) is 0 Å². The Kier molecular flexibility index (Phi) is 6.73. The van der Waals surface area contributed by atoms with Crippen LogP contribution < -0.4 is 10.1 Å². The van der Waals surface area contributed by atoms with Gasteiger partial charge in [0.2, 0.25) is 5.91 Å².